The molecule has 0 spiro atoms. The first-order valence-corrected chi connectivity index (χ1v) is 10.5. The fraction of sp³-hybridized carbons (Fsp3) is 0.609. The maximum atomic E-state index is 13.2. The van der Waals surface area contributed by atoms with E-state index in [1.165, 1.54) is 11.8 Å². The quantitative estimate of drug-likeness (QED) is 0.558. The Hall–Kier alpha value is -2.77. The number of ether oxygens (including phenoxy) is 4. The first-order valence-electron chi connectivity index (χ1n) is 10.5. The van der Waals surface area contributed by atoms with Crippen LogP contribution >= 0.6 is 0 Å². The Balaban J connectivity index is 2.52. The van der Waals surface area contributed by atoms with Gasteiger partial charge in [-0.05, 0) is 43.7 Å². The molecule has 1 aromatic carbocycles. The second-order valence-electron chi connectivity index (χ2n) is 9.18. The Bertz CT molecular complexity index is 874. The monoisotopic (exact) mass is 433 g/mol. The van der Waals surface area contributed by atoms with Gasteiger partial charge in [-0.1, -0.05) is 27.7 Å². The third-order valence-corrected chi connectivity index (χ3v) is 4.57. The summed E-state index contributed by atoms with van der Waals surface area (Å²) < 4.78 is 23.3. The van der Waals surface area contributed by atoms with E-state index in [1.54, 1.807) is 26.4 Å². The van der Waals surface area contributed by atoms with Crippen LogP contribution in [0.15, 0.2) is 12.1 Å². The molecule has 1 atom stereocenters. The maximum Gasteiger partial charge on any atom is 0.336 e. The average Bonchev–Trinajstić information content (AvgIpc) is 3.08. The lowest BCUT2D eigenvalue weighted by molar-refractivity contribution is 0.0854. The number of carbonyl (C=O) groups is 1. The topological polar surface area (TPSA) is 84.7 Å². The van der Waals surface area contributed by atoms with Crippen molar-refractivity contribution in [2.45, 2.75) is 60.5 Å². The molecule has 172 valence electrons. The van der Waals surface area contributed by atoms with E-state index < -0.39 is 0 Å². The zero-order chi connectivity index (χ0) is 23.3. The smallest absolute Gasteiger partial charge is 0.336 e. The van der Waals surface area contributed by atoms with Crippen molar-refractivity contribution in [2.75, 3.05) is 21.3 Å². The van der Waals surface area contributed by atoms with Gasteiger partial charge in [0, 0.05) is 12.0 Å². The molecule has 0 saturated carbocycles. The van der Waals surface area contributed by atoms with E-state index in [9.17, 15) is 4.79 Å². The van der Waals surface area contributed by atoms with Gasteiger partial charge in [-0.15, -0.1) is 5.10 Å². The van der Waals surface area contributed by atoms with E-state index in [4.69, 9.17) is 18.9 Å². The number of benzene rings is 1. The number of hydrogen-bond acceptors (Lipinski definition) is 7. The molecule has 8 heteroatoms. The van der Waals surface area contributed by atoms with Gasteiger partial charge in [-0.2, -0.15) is 9.67 Å². The van der Waals surface area contributed by atoms with Gasteiger partial charge in [0.05, 0.1) is 27.4 Å². The minimum absolute atomic E-state index is 0.126. The molecule has 0 aliphatic rings. The number of nitrogens with zero attached hydrogens (tertiary/aromatic N) is 3. The Morgan fingerprint density at radius 3 is 2.06 bits per heavy atom. The van der Waals surface area contributed by atoms with E-state index >= 15 is 0 Å². The van der Waals surface area contributed by atoms with Crippen molar-refractivity contribution >= 4 is 5.91 Å². The molecular weight excluding hydrogens is 398 g/mol. The number of aromatic nitrogens is 3. The van der Waals surface area contributed by atoms with Crippen molar-refractivity contribution in [1.82, 2.24) is 14.8 Å². The van der Waals surface area contributed by atoms with Gasteiger partial charge in [0.1, 0.15) is 0 Å². The zero-order valence-electron chi connectivity index (χ0n) is 20.1. The molecule has 8 nitrogen and oxygen atoms in total. The fourth-order valence-electron chi connectivity index (χ4n) is 3.63. The highest BCUT2D eigenvalue weighted by Crippen LogP contribution is 2.41. The number of rotatable bonds is 9. The van der Waals surface area contributed by atoms with Crippen LogP contribution in [0.4, 0.5) is 0 Å². The summed E-state index contributed by atoms with van der Waals surface area (Å²) >= 11 is 0. The van der Waals surface area contributed by atoms with Gasteiger partial charge in [0.15, 0.2) is 17.3 Å². The van der Waals surface area contributed by atoms with Gasteiger partial charge >= 0.3 is 6.01 Å². The standard InChI is InChI=1S/C23H35N3O5/c1-14(2)31-22-24-21(16-11-17(28-7)20(30-9)18(12-16)29-8)26(25-22)19(27)10-15(3)13-23(4,5)6/h11-12,14-15H,10,13H2,1-9H3. The van der Waals surface area contributed by atoms with Crippen LogP contribution in [0.5, 0.6) is 23.3 Å². The van der Waals surface area contributed by atoms with Crippen LogP contribution in [0, 0.1) is 11.3 Å². The molecule has 2 rings (SSSR count). The molecule has 1 aromatic heterocycles. The Kier molecular flexibility index (Phi) is 7.92. The predicted octanol–water partition coefficient (Wildman–Crippen LogP) is 4.86. The van der Waals surface area contributed by atoms with Crippen LogP contribution in [-0.2, 0) is 0 Å². The minimum atomic E-state index is -0.147. The molecule has 0 saturated heterocycles. The molecule has 0 radical (unpaired) electrons. The Morgan fingerprint density at radius 2 is 1.61 bits per heavy atom. The predicted molar refractivity (Wildman–Crippen MR) is 119 cm³/mol. The van der Waals surface area contributed by atoms with Crippen LogP contribution in [0.2, 0.25) is 0 Å². The second-order valence-corrected chi connectivity index (χ2v) is 9.18. The lowest BCUT2D eigenvalue weighted by atomic mass is 9.84. The molecule has 1 unspecified atom stereocenters. The van der Waals surface area contributed by atoms with Gasteiger partial charge in [-0.3, -0.25) is 4.79 Å². The van der Waals surface area contributed by atoms with Crippen LogP contribution < -0.4 is 18.9 Å². The third-order valence-electron chi connectivity index (χ3n) is 4.57. The summed E-state index contributed by atoms with van der Waals surface area (Å²) in [6.45, 7) is 12.3. The van der Waals surface area contributed by atoms with Gasteiger partial charge in [0.25, 0.3) is 0 Å². The average molecular weight is 434 g/mol. The van der Waals surface area contributed by atoms with E-state index in [0.29, 0.717) is 35.1 Å². The van der Waals surface area contributed by atoms with Crippen molar-refractivity contribution in [3.05, 3.63) is 12.1 Å². The molecule has 0 aliphatic carbocycles. The zero-order valence-corrected chi connectivity index (χ0v) is 20.1. The molecule has 0 bridgehead atoms. The van der Waals surface area contributed by atoms with Crippen LogP contribution in [0.1, 0.15) is 59.2 Å². The summed E-state index contributed by atoms with van der Waals surface area (Å²) in [7, 11) is 4.62. The van der Waals surface area contributed by atoms with Crippen molar-refractivity contribution in [2.24, 2.45) is 11.3 Å². The summed E-state index contributed by atoms with van der Waals surface area (Å²) in [5.74, 6) is 1.80. The van der Waals surface area contributed by atoms with Crippen molar-refractivity contribution < 1.29 is 23.7 Å². The molecule has 0 N–H and O–H groups in total. The largest absolute Gasteiger partial charge is 0.493 e. The number of methoxy groups -OCH3 is 3. The van der Waals surface area contributed by atoms with Crippen LogP contribution in [-0.4, -0.2) is 48.1 Å². The van der Waals surface area contributed by atoms with E-state index in [0.717, 1.165) is 6.42 Å². The first kappa shape index (κ1) is 24.5. The maximum absolute atomic E-state index is 13.2. The second kappa shape index (κ2) is 10.0. The minimum Gasteiger partial charge on any atom is -0.493 e. The van der Waals surface area contributed by atoms with E-state index in [-0.39, 0.29) is 29.4 Å². The van der Waals surface area contributed by atoms with Crippen LogP contribution in [0.25, 0.3) is 11.4 Å². The summed E-state index contributed by atoms with van der Waals surface area (Å²) in [4.78, 5) is 17.7. The molecule has 0 fully saturated rings. The van der Waals surface area contributed by atoms with Gasteiger partial charge < -0.3 is 18.9 Å². The van der Waals surface area contributed by atoms with Crippen molar-refractivity contribution in [1.29, 1.82) is 0 Å². The SMILES string of the molecule is COc1cc(-c2nc(OC(C)C)nn2C(=O)CC(C)CC(C)(C)C)cc(OC)c1OC. The molecule has 2 aromatic rings. The molecular formula is C23H35N3O5. The highest BCUT2D eigenvalue weighted by molar-refractivity contribution is 5.83. The normalized spacial score (nSPS) is 12.6. The van der Waals surface area contributed by atoms with Crippen molar-refractivity contribution in [3.8, 4) is 34.6 Å². The van der Waals surface area contributed by atoms with Crippen LogP contribution in [0.3, 0.4) is 0 Å². The summed E-state index contributed by atoms with van der Waals surface area (Å²) in [6, 6.07) is 3.63. The molecule has 31 heavy (non-hydrogen) atoms. The molecule has 0 aliphatic heterocycles. The third kappa shape index (κ3) is 6.35. The fourth-order valence-corrected chi connectivity index (χ4v) is 3.63. The summed E-state index contributed by atoms with van der Waals surface area (Å²) in [5, 5.41) is 4.35. The Morgan fingerprint density at radius 1 is 1.03 bits per heavy atom. The lowest BCUT2D eigenvalue weighted by Gasteiger charge is -2.22. The number of carbonyl (C=O) groups excluding carboxylic acids is 1. The first-order chi connectivity index (χ1) is 14.5. The van der Waals surface area contributed by atoms with Gasteiger partial charge in [-0.25, -0.2) is 0 Å². The Labute approximate surface area is 184 Å². The highest BCUT2D eigenvalue weighted by atomic mass is 16.5. The van der Waals surface area contributed by atoms with Gasteiger partial charge in [0.2, 0.25) is 11.7 Å². The number of hydrogen-bond donors (Lipinski definition) is 0. The molecule has 1 heterocycles. The van der Waals surface area contributed by atoms with E-state index in [2.05, 4.69) is 37.8 Å². The summed E-state index contributed by atoms with van der Waals surface area (Å²) in [5.41, 5.74) is 0.741. The van der Waals surface area contributed by atoms with Crippen molar-refractivity contribution in [3.63, 3.8) is 0 Å². The lowest BCUT2D eigenvalue weighted by Crippen LogP contribution is -2.20. The highest BCUT2D eigenvalue weighted by Gasteiger charge is 2.25. The van der Waals surface area contributed by atoms with E-state index in [1.807, 2.05) is 13.8 Å². The molecule has 0 amide bonds. The summed E-state index contributed by atoms with van der Waals surface area (Å²) in [6.07, 6.45) is 1.14.